The lowest BCUT2D eigenvalue weighted by atomic mass is 9.96. The minimum absolute atomic E-state index is 0.0737. The van der Waals surface area contributed by atoms with Gasteiger partial charge in [0.2, 0.25) is 11.6 Å². The van der Waals surface area contributed by atoms with E-state index in [1.807, 2.05) is 84.9 Å². The Hall–Kier alpha value is -3.92. The van der Waals surface area contributed by atoms with Crippen LogP contribution in [0.25, 0.3) is 21.5 Å². The number of Topliss-reactive ketones (excluding diaryl/α,β-unsaturated/α-hetero) is 4. The number of benzene rings is 4. The molecular weight excluding hydrogens is 400 g/mol. The minimum atomic E-state index is -0.804. The third kappa shape index (κ3) is 4.86. The van der Waals surface area contributed by atoms with Crippen molar-refractivity contribution in [2.75, 3.05) is 0 Å². The molecule has 4 aromatic rings. The quantitative estimate of drug-likeness (QED) is 0.286. The fourth-order valence-electron chi connectivity index (χ4n) is 4.00. The summed E-state index contributed by atoms with van der Waals surface area (Å²) in [4.78, 5) is 49.4. The predicted octanol–water partition coefficient (Wildman–Crippen LogP) is 4.83. The minimum Gasteiger partial charge on any atom is -0.299 e. The maximum atomic E-state index is 12.4. The summed E-state index contributed by atoms with van der Waals surface area (Å²) >= 11 is 0. The summed E-state index contributed by atoms with van der Waals surface area (Å²) in [6.07, 6.45) is -0.818. The molecule has 32 heavy (non-hydrogen) atoms. The molecule has 4 aromatic carbocycles. The largest absolute Gasteiger partial charge is 0.299 e. The number of hydrogen-bond donors (Lipinski definition) is 0. The summed E-state index contributed by atoms with van der Waals surface area (Å²) < 4.78 is 0. The van der Waals surface area contributed by atoms with Gasteiger partial charge in [0.05, 0.1) is 12.8 Å². The molecule has 0 saturated heterocycles. The Morgan fingerprint density at radius 2 is 0.844 bits per heavy atom. The molecule has 0 unspecified atom stereocenters. The van der Waals surface area contributed by atoms with Gasteiger partial charge in [0, 0.05) is 12.8 Å². The van der Waals surface area contributed by atoms with E-state index in [1.54, 1.807) is 0 Å². The highest BCUT2D eigenvalue weighted by atomic mass is 16.2. The zero-order chi connectivity index (χ0) is 22.5. The average molecular weight is 422 g/mol. The van der Waals surface area contributed by atoms with Crippen molar-refractivity contribution in [3.8, 4) is 0 Å². The fraction of sp³-hybridized carbons (Fsp3) is 0.143. The second kappa shape index (κ2) is 9.48. The van der Waals surface area contributed by atoms with Crippen LogP contribution in [-0.4, -0.2) is 23.1 Å². The number of hydrogen-bond acceptors (Lipinski definition) is 4. The monoisotopic (exact) mass is 422 g/mol. The lowest BCUT2D eigenvalue weighted by Gasteiger charge is -2.07. The van der Waals surface area contributed by atoms with E-state index >= 15 is 0 Å². The van der Waals surface area contributed by atoms with E-state index in [-0.39, 0.29) is 24.4 Å². The third-order valence-corrected chi connectivity index (χ3v) is 5.56. The summed E-state index contributed by atoms with van der Waals surface area (Å²) in [6.45, 7) is 0. The SMILES string of the molecule is O=C(CC(=O)C(=O)CC(=O)Cc1cccc2ccccc12)Cc1cccc2ccccc12. The average Bonchev–Trinajstić information content (AvgIpc) is 2.79. The van der Waals surface area contributed by atoms with E-state index in [9.17, 15) is 19.2 Å². The Morgan fingerprint density at radius 1 is 0.469 bits per heavy atom. The smallest absolute Gasteiger partial charge is 0.206 e. The molecule has 0 aliphatic carbocycles. The van der Waals surface area contributed by atoms with Crippen molar-refractivity contribution < 1.29 is 19.2 Å². The zero-order valence-corrected chi connectivity index (χ0v) is 17.5. The van der Waals surface area contributed by atoms with Crippen LogP contribution in [0.1, 0.15) is 24.0 Å². The van der Waals surface area contributed by atoms with Gasteiger partial charge < -0.3 is 0 Å². The van der Waals surface area contributed by atoms with Crippen LogP contribution in [0.4, 0.5) is 0 Å². The summed E-state index contributed by atoms with van der Waals surface area (Å²) in [7, 11) is 0. The standard InChI is InChI=1S/C28H22O4/c29-23(15-21-11-5-9-19-7-1-3-13-25(19)21)17-27(31)28(32)18-24(30)16-22-12-6-10-20-8-2-4-14-26(20)22/h1-14H,15-18H2. The Bertz CT molecular complexity index is 1230. The molecule has 0 heterocycles. The molecule has 0 aliphatic rings. The highest BCUT2D eigenvalue weighted by Gasteiger charge is 2.21. The van der Waals surface area contributed by atoms with Crippen molar-refractivity contribution in [3.05, 3.63) is 96.1 Å². The van der Waals surface area contributed by atoms with Crippen LogP contribution in [0, 0.1) is 0 Å². The first-order valence-electron chi connectivity index (χ1n) is 10.5. The van der Waals surface area contributed by atoms with Gasteiger partial charge in [0.1, 0.15) is 11.6 Å². The van der Waals surface area contributed by atoms with Crippen molar-refractivity contribution in [2.24, 2.45) is 0 Å². The van der Waals surface area contributed by atoms with Gasteiger partial charge in [-0.15, -0.1) is 0 Å². The maximum Gasteiger partial charge on any atom is 0.206 e. The van der Waals surface area contributed by atoms with E-state index < -0.39 is 24.4 Å². The van der Waals surface area contributed by atoms with Gasteiger partial charge in [0.25, 0.3) is 0 Å². The number of ketones is 4. The van der Waals surface area contributed by atoms with Crippen LogP contribution in [-0.2, 0) is 32.0 Å². The molecule has 0 saturated carbocycles. The van der Waals surface area contributed by atoms with Crippen LogP contribution in [0.15, 0.2) is 84.9 Å². The van der Waals surface area contributed by atoms with Crippen LogP contribution >= 0.6 is 0 Å². The molecule has 0 amide bonds. The molecule has 4 nitrogen and oxygen atoms in total. The number of fused-ring (bicyclic) bond motifs is 2. The van der Waals surface area contributed by atoms with Crippen LogP contribution in [0.3, 0.4) is 0 Å². The van der Waals surface area contributed by atoms with Crippen LogP contribution in [0.2, 0.25) is 0 Å². The number of carbonyl (C=O) groups excluding carboxylic acids is 4. The molecule has 4 heteroatoms. The Kier molecular flexibility index (Phi) is 6.31. The first kappa shape index (κ1) is 21.3. The van der Waals surface area contributed by atoms with E-state index in [4.69, 9.17) is 0 Å². The molecule has 0 bridgehead atoms. The van der Waals surface area contributed by atoms with Gasteiger partial charge in [-0.1, -0.05) is 84.9 Å². The Balaban J connectivity index is 1.35. The zero-order valence-electron chi connectivity index (χ0n) is 17.5. The lowest BCUT2D eigenvalue weighted by Crippen LogP contribution is -2.22. The molecule has 0 radical (unpaired) electrons. The first-order chi connectivity index (χ1) is 15.5. The fourth-order valence-corrected chi connectivity index (χ4v) is 4.00. The molecule has 4 rings (SSSR count). The van der Waals surface area contributed by atoms with E-state index in [2.05, 4.69) is 0 Å². The van der Waals surface area contributed by atoms with Gasteiger partial charge in [0.15, 0.2) is 0 Å². The van der Waals surface area contributed by atoms with Crippen molar-refractivity contribution in [2.45, 2.75) is 25.7 Å². The lowest BCUT2D eigenvalue weighted by molar-refractivity contribution is -0.140. The molecule has 0 spiro atoms. The van der Waals surface area contributed by atoms with Crippen molar-refractivity contribution in [3.63, 3.8) is 0 Å². The molecular formula is C28H22O4. The van der Waals surface area contributed by atoms with Crippen LogP contribution in [0.5, 0.6) is 0 Å². The summed E-state index contributed by atoms with van der Waals surface area (Å²) in [5, 5.41) is 3.93. The normalized spacial score (nSPS) is 10.9. The molecule has 0 aliphatic heterocycles. The number of rotatable bonds is 9. The van der Waals surface area contributed by atoms with Crippen molar-refractivity contribution in [1.29, 1.82) is 0 Å². The molecule has 0 N–H and O–H groups in total. The van der Waals surface area contributed by atoms with Crippen molar-refractivity contribution in [1.82, 2.24) is 0 Å². The van der Waals surface area contributed by atoms with Gasteiger partial charge in [-0.2, -0.15) is 0 Å². The highest BCUT2D eigenvalue weighted by Crippen LogP contribution is 2.21. The molecule has 0 aromatic heterocycles. The Morgan fingerprint density at radius 3 is 1.28 bits per heavy atom. The molecule has 0 fully saturated rings. The van der Waals surface area contributed by atoms with Crippen molar-refractivity contribution >= 4 is 44.7 Å². The molecule has 0 atom stereocenters. The van der Waals surface area contributed by atoms with Gasteiger partial charge >= 0.3 is 0 Å². The summed E-state index contributed by atoms with van der Waals surface area (Å²) in [6, 6.07) is 26.7. The van der Waals surface area contributed by atoms with Crippen LogP contribution < -0.4 is 0 Å². The topological polar surface area (TPSA) is 68.3 Å². The van der Waals surface area contributed by atoms with Gasteiger partial charge in [-0.25, -0.2) is 0 Å². The van der Waals surface area contributed by atoms with E-state index in [0.29, 0.717) is 0 Å². The third-order valence-electron chi connectivity index (χ3n) is 5.56. The van der Waals surface area contributed by atoms with Gasteiger partial charge in [-0.3, -0.25) is 19.2 Å². The first-order valence-corrected chi connectivity index (χ1v) is 10.5. The maximum absolute atomic E-state index is 12.4. The molecule has 158 valence electrons. The van der Waals surface area contributed by atoms with E-state index in [1.165, 1.54) is 0 Å². The van der Waals surface area contributed by atoms with Gasteiger partial charge in [-0.05, 0) is 32.7 Å². The van der Waals surface area contributed by atoms with E-state index in [0.717, 1.165) is 32.7 Å². The summed E-state index contributed by atoms with van der Waals surface area (Å²) in [5.41, 5.74) is 1.64. The number of carbonyl (C=O) groups is 4. The second-order valence-electron chi connectivity index (χ2n) is 7.91. The summed E-state index contributed by atoms with van der Waals surface area (Å²) in [5.74, 6) is -2.27. The highest BCUT2D eigenvalue weighted by molar-refractivity contribution is 6.43. The second-order valence-corrected chi connectivity index (χ2v) is 7.91. The predicted molar refractivity (Wildman–Crippen MR) is 125 cm³/mol. The Labute approximate surface area is 185 Å².